The van der Waals surface area contributed by atoms with Gasteiger partial charge in [0.1, 0.15) is 10.8 Å². The molecule has 1 N–H and O–H groups in total. The summed E-state index contributed by atoms with van der Waals surface area (Å²) in [6.07, 6.45) is -3.09. The van der Waals surface area contributed by atoms with Crippen LogP contribution in [0.5, 0.6) is 5.75 Å². The number of amides is 2. The Kier molecular flexibility index (Phi) is 6.22. The van der Waals surface area contributed by atoms with Gasteiger partial charge in [-0.1, -0.05) is 23.4 Å². The van der Waals surface area contributed by atoms with E-state index in [0.29, 0.717) is 0 Å². The fourth-order valence-corrected chi connectivity index (χ4v) is 3.76. The summed E-state index contributed by atoms with van der Waals surface area (Å²) >= 11 is 5.57. The normalized spacial score (nSPS) is 17.9. The molecule has 0 bridgehead atoms. The fraction of sp³-hybridized carbons (Fsp3) is 0.222. The van der Waals surface area contributed by atoms with Crippen LogP contribution >= 0.6 is 23.4 Å². The number of rotatable bonds is 7. The van der Waals surface area contributed by atoms with Gasteiger partial charge in [0.2, 0.25) is 11.8 Å². The van der Waals surface area contributed by atoms with Crippen molar-refractivity contribution in [3.05, 3.63) is 48.2 Å². The second-order valence-electron chi connectivity index (χ2n) is 6.00. The number of alkyl halides is 4. The number of benzene rings is 1. The number of nitrogens with zero attached hydrogens (tertiary/aromatic N) is 2. The number of carbonyl (C=O) groups is 3. The second-order valence-corrected chi connectivity index (χ2v) is 7.57. The van der Waals surface area contributed by atoms with Crippen LogP contribution in [-0.2, 0) is 9.59 Å². The molecular formula is C18H12ClF3N2O5S. The van der Waals surface area contributed by atoms with E-state index in [1.807, 2.05) is 0 Å². The zero-order valence-electron chi connectivity index (χ0n) is 14.8. The number of anilines is 1. The third-order valence-corrected chi connectivity index (χ3v) is 5.42. The van der Waals surface area contributed by atoms with E-state index < -0.39 is 40.5 Å². The molecule has 1 aliphatic rings. The predicted molar refractivity (Wildman–Crippen MR) is 101 cm³/mol. The van der Waals surface area contributed by atoms with E-state index in [2.05, 4.69) is 9.72 Å². The molecule has 1 aromatic heterocycles. The minimum Gasteiger partial charge on any atom is -0.478 e. The van der Waals surface area contributed by atoms with Crippen molar-refractivity contribution in [3.63, 3.8) is 0 Å². The highest BCUT2D eigenvalue weighted by Gasteiger charge is 2.43. The van der Waals surface area contributed by atoms with Crippen LogP contribution in [0.15, 0.2) is 47.6 Å². The number of carboxylic acids is 1. The molecule has 1 aliphatic heterocycles. The Morgan fingerprint density at radius 2 is 1.97 bits per heavy atom. The van der Waals surface area contributed by atoms with E-state index >= 15 is 0 Å². The fourth-order valence-electron chi connectivity index (χ4n) is 2.61. The zero-order valence-corrected chi connectivity index (χ0v) is 16.4. The number of thioether (sulfide) groups is 1. The number of hydrogen-bond donors (Lipinski definition) is 1. The number of ether oxygens (including phenoxy) is 1. The third kappa shape index (κ3) is 4.51. The standard InChI is InChI=1S/C18H12ClF3N2O5S/c19-17(20)18(21,22)29-10-5-3-9(4-6-10)24-13(25)8-12(15(24)26)30-14-11(16(27)28)2-1-7-23-14/h1-7,12,17H,8H2,(H,27,28)/t12-,17+/m1/s1. The molecule has 3 rings (SSSR count). The van der Waals surface area contributed by atoms with Gasteiger partial charge >= 0.3 is 12.1 Å². The maximum atomic E-state index is 13.2. The van der Waals surface area contributed by atoms with Crippen LogP contribution in [0.3, 0.4) is 0 Å². The average molecular weight is 461 g/mol. The van der Waals surface area contributed by atoms with Gasteiger partial charge in [-0.15, -0.1) is 0 Å². The quantitative estimate of drug-likeness (QED) is 0.497. The molecule has 7 nitrogen and oxygen atoms in total. The third-order valence-electron chi connectivity index (χ3n) is 3.96. The first-order valence-electron chi connectivity index (χ1n) is 8.27. The Morgan fingerprint density at radius 1 is 1.30 bits per heavy atom. The predicted octanol–water partition coefficient (Wildman–Crippen LogP) is 3.71. The highest BCUT2D eigenvalue weighted by molar-refractivity contribution is 8.00. The Balaban J connectivity index is 1.76. The number of pyridine rings is 1. The number of halogens is 4. The van der Waals surface area contributed by atoms with Crippen LogP contribution in [-0.4, -0.2) is 44.9 Å². The summed E-state index contributed by atoms with van der Waals surface area (Å²) < 4.78 is 43.2. The van der Waals surface area contributed by atoms with Gasteiger partial charge in [-0.2, -0.15) is 8.78 Å². The van der Waals surface area contributed by atoms with Crippen molar-refractivity contribution in [2.24, 2.45) is 0 Å². The van der Waals surface area contributed by atoms with Crippen molar-refractivity contribution in [1.82, 2.24) is 4.98 Å². The van der Waals surface area contributed by atoms with Gasteiger partial charge in [0, 0.05) is 12.6 Å². The summed E-state index contributed by atoms with van der Waals surface area (Å²) in [4.78, 5) is 41.1. The number of hydrogen-bond acceptors (Lipinski definition) is 6. The smallest absolute Gasteiger partial charge is 0.444 e. The summed E-state index contributed by atoms with van der Waals surface area (Å²) in [5, 5.41) is 8.40. The minimum absolute atomic E-state index is 0.0887. The minimum atomic E-state index is -4.26. The van der Waals surface area contributed by atoms with Crippen molar-refractivity contribution >= 4 is 46.8 Å². The van der Waals surface area contributed by atoms with Crippen molar-refractivity contribution in [2.45, 2.75) is 28.4 Å². The zero-order chi connectivity index (χ0) is 22.1. The van der Waals surface area contributed by atoms with Gasteiger partial charge in [-0.3, -0.25) is 9.59 Å². The van der Waals surface area contributed by atoms with E-state index in [4.69, 9.17) is 11.6 Å². The summed E-state index contributed by atoms with van der Waals surface area (Å²) in [6.45, 7) is 0. The molecular weight excluding hydrogens is 449 g/mol. The van der Waals surface area contributed by atoms with Crippen LogP contribution in [0.25, 0.3) is 0 Å². The lowest BCUT2D eigenvalue weighted by atomic mass is 10.3. The van der Waals surface area contributed by atoms with Gasteiger partial charge in [-0.05, 0) is 36.4 Å². The maximum absolute atomic E-state index is 13.2. The molecule has 0 unspecified atom stereocenters. The highest BCUT2D eigenvalue weighted by atomic mass is 35.5. The Bertz CT molecular complexity index is 990. The van der Waals surface area contributed by atoms with Crippen LogP contribution in [0.4, 0.5) is 18.9 Å². The Hall–Kier alpha value is -2.79. The van der Waals surface area contributed by atoms with Crippen LogP contribution in [0.2, 0.25) is 0 Å². The number of aromatic nitrogens is 1. The average Bonchev–Trinajstić information content (AvgIpc) is 2.95. The lowest BCUT2D eigenvalue weighted by Gasteiger charge is -2.19. The molecule has 1 fully saturated rings. The van der Waals surface area contributed by atoms with E-state index in [-0.39, 0.29) is 22.7 Å². The molecule has 2 heterocycles. The van der Waals surface area contributed by atoms with Gasteiger partial charge in [0.05, 0.1) is 16.5 Å². The van der Waals surface area contributed by atoms with E-state index in [9.17, 15) is 32.7 Å². The highest BCUT2D eigenvalue weighted by Crippen LogP contribution is 2.35. The summed E-state index contributed by atoms with van der Waals surface area (Å²) in [5.41, 5.74) is -3.07. The molecule has 158 valence electrons. The monoisotopic (exact) mass is 460 g/mol. The molecule has 0 aliphatic carbocycles. The molecule has 1 aromatic carbocycles. The van der Waals surface area contributed by atoms with Crippen molar-refractivity contribution < 1.29 is 37.4 Å². The number of carbonyl (C=O) groups excluding carboxylic acids is 2. The Labute approximate surface area is 176 Å². The van der Waals surface area contributed by atoms with E-state index in [1.165, 1.54) is 30.5 Å². The number of imide groups is 1. The van der Waals surface area contributed by atoms with Crippen molar-refractivity contribution in [3.8, 4) is 5.75 Å². The molecule has 2 atom stereocenters. The molecule has 0 spiro atoms. The molecule has 1 saturated heterocycles. The molecule has 2 amide bonds. The molecule has 2 aromatic rings. The maximum Gasteiger partial charge on any atom is 0.444 e. The lowest BCUT2D eigenvalue weighted by molar-refractivity contribution is -0.199. The molecule has 12 heteroatoms. The van der Waals surface area contributed by atoms with Crippen LogP contribution in [0.1, 0.15) is 16.8 Å². The molecule has 30 heavy (non-hydrogen) atoms. The number of aromatic carboxylic acids is 1. The van der Waals surface area contributed by atoms with Gasteiger partial charge in [0.25, 0.3) is 5.63 Å². The largest absolute Gasteiger partial charge is 0.478 e. The summed E-state index contributed by atoms with van der Waals surface area (Å²) in [7, 11) is 0. The summed E-state index contributed by atoms with van der Waals surface area (Å²) in [5.74, 6) is -2.82. The molecule has 0 saturated carbocycles. The van der Waals surface area contributed by atoms with Gasteiger partial charge in [-0.25, -0.2) is 19.1 Å². The first kappa shape index (κ1) is 21.9. The Morgan fingerprint density at radius 3 is 2.57 bits per heavy atom. The van der Waals surface area contributed by atoms with Crippen molar-refractivity contribution in [2.75, 3.05) is 4.90 Å². The van der Waals surface area contributed by atoms with Gasteiger partial charge in [0.15, 0.2) is 0 Å². The van der Waals surface area contributed by atoms with E-state index in [0.717, 1.165) is 28.8 Å². The van der Waals surface area contributed by atoms with Crippen molar-refractivity contribution in [1.29, 1.82) is 0 Å². The number of carboxylic acid groups (broad SMARTS) is 1. The first-order valence-corrected chi connectivity index (χ1v) is 9.58. The topological polar surface area (TPSA) is 96.8 Å². The first-order chi connectivity index (χ1) is 14.1. The SMILES string of the molecule is O=C(O)c1cccnc1S[C@@H]1CC(=O)N(c2ccc(OC(F)(F)[C@H](F)Cl)cc2)C1=O. The molecule has 0 radical (unpaired) electrons. The van der Waals surface area contributed by atoms with Crippen LogP contribution in [0, 0.1) is 0 Å². The summed E-state index contributed by atoms with van der Waals surface area (Å²) in [6, 6.07) is 7.19. The van der Waals surface area contributed by atoms with E-state index in [1.54, 1.807) is 0 Å². The second kappa shape index (κ2) is 8.52. The lowest BCUT2D eigenvalue weighted by Crippen LogP contribution is -2.33. The van der Waals surface area contributed by atoms with Crippen LogP contribution < -0.4 is 9.64 Å². The van der Waals surface area contributed by atoms with Gasteiger partial charge < -0.3 is 9.84 Å².